The van der Waals surface area contributed by atoms with Crippen molar-refractivity contribution in [3.63, 3.8) is 0 Å². The van der Waals surface area contributed by atoms with E-state index in [1.54, 1.807) is 6.07 Å². The summed E-state index contributed by atoms with van der Waals surface area (Å²) < 4.78 is 2.05. The summed E-state index contributed by atoms with van der Waals surface area (Å²) in [6, 6.07) is 11.6. The Balaban J connectivity index is 0.00000162. The highest BCUT2D eigenvalue weighted by molar-refractivity contribution is 14.0. The molecule has 18 heavy (non-hydrogen) atoms. The Labute approximate surface area is 134 Å². The van der Waals surface area contributed by atoms with E-state index >= 15 is 0 Å². The highest BCUT2D eigenvalue weighted by Gasteiger charge is 2.00. The largest absolute Gasteiger partial charge is 0.204 e. The van der Waals surface area contributed by atoms with Crippen molar-refractivity contribution in [3.05, 3.63) is 63.9 Å². The first kappa shape index (κ1) is 15.5. The second-order valence-corrected chi connectivity index (χ2v) is 4.56. The Hall–Kier alpha value is -0.580. The van der Waals surface area contributed by atoms with E-state index in [1.165, 1.54) is 0 Å². The summed E-state index contributed by atoms with van der Waals surface area (Å²) in [5.74, 6) is 0. The molecule has 0 bridgehead atoms. The van der Waals surface area contributed by atoms with Crippen LogP contribution in [-0.4, -0.2) is 0 Å². The van der Waals surface area contributed by atoms with Crippen molar-refractivity contribution < 1.29 is 4.57 Å². The molecule has 0 unspecified atom stereocenters. The smallest absolute Gasteiger partial charge is 0.202 e. The predicted octanol–water partition coefficient (Wildman–Crippen LogP) is 4.61. The van der Waals surface area contributed by atoms with Crippen LogP contribution in [0.3, 0.4) is 0 Å². The van der Waals surface area contributed by atoms with Crippen LogP contribution in [0.15, 0.2) is 42.6 Å². The molecule has 1 aromatic carbocycles. The van der Waals surface area contributed by atoms with E-state index in [0.717, 1.165) is 11.3 Å². The average molecular weight is 393 g/mol. The molecular formula is C14H13Cl2IN+. The van der Waals surface area contributed by atoms with Crippen molar-refractivity contribution in [2.45, 2.75) is 0 Å². The van der Waals surface area contributed by atoms with Gasteiger partial charge in [0.1, 0.15) is 7.05 Å². The van der Waals surface area contributed by atoms with Gasteiger partial charge in [-0.3, -0.25) is 0 Å². The van der Waals surface area contributed by atoms with Crippen LogP contribution in [0.2, 0.25) is 10.0 Å². The van der Waals surface area contributed by atoms with Gasteiger partial charge in [0.15, 0.2) is 6.20 Å². The molecule has 0 aliphatic heterocycles. The molecular weight excluding hydrogens is 380 g/mol. The normalized spacial score (nSPS) is 10.4. The zero-order valence-corrected chi connectivity index (χ0v) is 13.6. The van der Waals surface area contributed by atoms with Gasteiger partial charge in [-0.05, 0) is 29.8 Å². The fourth-order valence-electron chi connectivity index (χ4n) is 1.51. The molecule has 0 N–H and O–H groups in total. The molecule has 0 atom stereocenters. The van der Waals surface area contributed by atoms with Gasteiger partial charge in [0, 0.05) is 18.2 Å². The van der Waals surface area contributed by atoms with E-state index in [2.05, 4.69) is 0 Å². The quantitative estimate of drug-likeness (QED) is 0.519. The molecule has 0 aliphatic carbocycles. The number of nitrogens with zero attached hydrogens (tertiary/aromatic N) is 1. The monoisotopic (exact) mass is 392 g/mol. The van der Waals surface area contributed by atoms with Gasteiger partial charge in [-0.1, -0.05) is 29.3 Å². The number of pyridine rings is 1. The molecule has 0 amide bonds. The Morgan fingerprint density at radius 1 is 1.00 bits per heavy atom. The fourth-order valence-corrected chi connectivity index (χ4v) is 1.81. The summed E-state index contributed by atoms with van der Waals surface area (Å²) in [6.45, 7) is 0. The van der Waals surface area contributed by atoms with Crippen molar-refractivity contribution in [1.29, 1.82) is 0 Å². The van der Waals surface area contributed by atoms with Crippen LogP contribution in [0.5, 0.6) is 0 Å². The van der Waals surface area contributed by atoms with Crippen molar-refractivity contribution >= 4 is 59.3 Å². The summed E-state index contributed by atoms with van der Waals surface area (Å²) in [7, 11) is 2.01. The summed E-state index contributed by atoms with van der Waals surface area (Å²) in [5.41, 5.74) is 2.15. The Kier molecular flexibility index (Phi) is 6.12. The van der Waals surface area contributed by atoms with Crippen molar-refractivity contribution in [1.82, 2.24) is 0 Å². The summed E-state index contributed by atoms with van der Waals surface area (Å²) in [6.07, 6.45) is 6.06. The summed E-state index contributed by atoms with van der Waals surface area (Å²) in [5, 5.41) is 1.15. The molecule has 1 heterocycles. The lowest BCUT2D eigenvalue weighted by molar-refractivity contribution is -0.673. The second kappa shape index (κ2) is 7.12. The van der Waals surface area contributed by atoms with Crippen LogP contribution in [0.1, 0.15) is 11.3 Å². The fraction of sp³-hybridized carbons (Fsp3) is 0.0714. The van der Waals surface area contributed by atoms with Crippen LogP contribution in [0, 0.1) is 0 Å². The molecule has 0 saturated heterocycles. The number of rotatable bonds is 2. The molecule has 2 rings (SSSR count). The SMILES string of the molecule is C[n+]1ccccc1C=Cc1ccc(Cl)c(Cl)c1.I. The molecule has 0 spiro atoms. The lowest BCUT2D eigenvalue weighted by Crippen LogP contribution is -2.30. The maximum atomic E-state index is 5.96. The molecule has 0 fully saturated rings. The van der Waals surface area contributed by atoms with Crippen molar-refractivity contribution in [2.75, 3.05) is 0 Å². The maximum Gasteiger partial charge on any atom is 0.204 e. The van der Waals surface area contributed by atoms with Gasteiger partial charge in [-0.2, -0.15) is 0 Å². The molecule has 1 nitrogen and oxygen atoms in total. The number of hydrogen-bond acceptors (Lipinski definition) is 0. The Bertz CT molecular complexity index is 567. The van der Waals surface area contributed by atoms with Crippen LogP contribution in [0.25, 0.3) is 12.2 Å². The first-order chi connectivity index (χ1) is 8.16. The van der Waals surface area contributed by atoms with Crippen molar-refractivity contribution in [2.24, 2.45) is 7.05 Å². The van der Waals surface area contributed by atoms with E-state index in [-0.39, 0.29) is 24.0 Å². The Morgan fingerprint density at radius 2 is 1.78 bits per heavy atom. The molecule has 2 aromatic rings. The zero-order chi connectivity index (χ0) is 12.3. The van der Waals surface area contributed by atoms with Gasteiger partial charge < -0.3 is 0 Å². The lowest BCUT2D eigenvalue weighted by Gasteiger charge is -1.97. The van der Waals surface area contributed by atoms with E-state index in [1.807, 2.05) is 60.3 Å². The number of hydrogen-bond donors (Lipinski definition) is 0. The van der Waals surface area contributed by atoms with Crippen molar-refractivity contribution in [3.8, 4) is 0 Å². The number of aryl methyl sites for hydroxylation is 1. The van der Waals surface area contributed by atoms with Gasteiger partial charge in [-0.15, -0.1) is 24.0 Å². The second-order valence-electron chi connectivity index (χ2n) is 3.74. The third-order valence-corrected chi connectivity index (χ3v) is 3.22. The third kappa shape index (κ3) is 3.97. The molecule has 4 heteroatoms. The van der Waals surface area contributed by atoms with Crippen LogP contribution in [0.4, 0.5) is 0 Å². The molecule has 1 aromatic heterocycles. The molecule has 0 aliphatic rings. The topological polar surface area (TPSA) is 3.88 Å². The molecule has 94 valence electrons. The van der Waals surface area contributed by atoms with Crippen LogP contribution in [-0.2, 0) is 7.05 Å². The van der Waals surface area contributed by atoms with Gasteiger partial charge in [0.05, 0.1) is 10.0 Å². The number of aromatic nitrogens is 1. The van der Waals surface area contributed by atoms with E-state index in [9.17, 15) is 0 Å². The van der Waals surface area contributed by atoms with E-state index in [4.69, 9.17) is 23.2 Å². The maximum absolute atomic E-state index is 5.96. The van der Waals surface area contributed by atoms with Gasteiger partial charge in [0.25, 0.3) is 0 Å². The number of benzene rings is 1. The third-order valence-electron chi connectivity index (χ3n) is 2.49. The number of halogens is 3. The lowest BCUT2D eigenvalue weighted by atomic mass is 10.2. The highest BCUT2D eigenvalue weighted by Crippen LogP contribution is 2.23. The standard InChI is InChI=1S/C14H12Cl2N.HI/c1-17-9-3-2-4-12(17)7-5-11-6-8-13(15)14(16)10-11;/h2-10H,1H3;1H/q+1;. The predicted molar refractivity (Wildman–Crippen MR) is 88.4 cm³/mol. The highest BCUT2D eigenvalue weighted by atomic mass is 127. The summed E-state index contributed by atoms with van der Waals surface area (Å²) >= 11 is 11.8. The van der Waals surface area contributed by atoms with Gasteiger partial charge in [-0.25, -0.2) is 4.57 Å². The van der Waals surface area contributed by atoms with E-state index < -0.39 is 0 Å². The molecule has 0 radical (unpaired) electrons. The van der Waals surface area contributed by atoms with Gasteiger partial charge >= 0.3 is 0 Å². The van der Waals surface area contributed by atoms with Crippen LogP contribution >= 0.6 is 47.2 Å². The first-order valence-corrected chi connectivity index (χ1v) is 6.00. The first-order valence-electron chi connectivity index (χ1n) is 5.24. The minimum atomic E-state index is 0. The summed E-state index contributed by atoms with van der Waals surface area (Å²) in [4.78, 5) is 0. The van der Waals surface area contributed by atoms with Crippen LogP contribution < -0.4 is 4.57 Å². The average Bonchev–Trinajstić information content (AvgIpc) is 2.32. The zero-order valence-electron chi connectivity index (χ0n) is 9.81. The minimum Gasteiger partial charge on any atom is -0.202 e. The van der Waals surface area contributed by atoms with Gasteiger partial charge in [0.2, 0.25) is 5.69 Å². The van der Waals surface area contributed by atoms with E-state index in [0.29, 0.717) is 10.0 Å². The minimum absolute atomic E-state index is 0. The Morgan fingerprint density at radius 3 is 2.44 bits per heavy atom. The molecule has 0 saturated carbocycles.